The summed E-state index contributed by atoms with van der Waals surface area (Å²) < 4.78 is 14.6. The van der Waals surface area contributed by atoms with E-state index in [1.807, 2.05) is 6.07 Å². The van der Waals surface area contributed by atoms with Crippen molar-refractivity contribution in [2.45, 2.75) is 31.3 Å². The number of halogens is 1. The van der Waals surface area contributed by atoms with E-state index >= 15 is 0 Å². The fourth-order valence-corrected chi connectivity index (χ4v) is 5.78. The van der Waals surface area contributed by atoms with Gasteiger partial charge >= 0.3 is 0 Å². The Morgan fingerprint density at radius 2 is 2.00 bits per heavy atom. The van der Waals surface area contributed by atoms with E-state index in [9.17, 15) is 4.39 Å². The third kappa shape index (κ3) is 3.30. The molecule has 5 N–H and O–H groups in total. The summed E-state index contributed by atoms with van der Waals surface area (Å²) in [6, 6.07) is 5.39. The van der Waals surface area contributed by atoms with Crippen molar-refractivity contribution in [1.29, 1.82) is 0 Å². The molecule has 0 radical (unpaired) electrons. The van der Waals surface area contributed by atoms with Crippen molar-refractivity contribution in [1.82, 2.24) is 29.9 Å². The van der Waals surface area contributed by atoms with E-state index < -0.39 is 0 Å². The molecule has 2 unspecified atom stereocenters. The predicted molar refractivity (Wildman–Crippen MR) is 138 cm³/mol. The van der Waals surface area contributed by atoms with Crippen LogP contribution in [0.25, 0.3) is 33.1 Å². The zero-order chi connectivity index (χ0) is 24.4. The highest BCUT2D eigenvalue weighted by molar-refractivity contribution is 6.15. The number of piperidine rings is 2. The van der Waals surface area contributed by atoms with Crippen molar-refractivity contribution in [3.05, 3.63) is 42.6 Å². The molecule has 2 aliphatic heterocycles. The molecule has 2 saturated heterocycles. The Bertz CT molecular complexity index is 1630. The molecule has 1 saturated carbocycles. The molecule has 3 aliphatic rings. The van der Waals surface area contributed by atoms with E-state index in [1.54, 1.807) is 31.7 Å². The monoisotopic (exact) mass is 484 g/mol. The average Bonchev–Trinajstić information content (AvgIpc) is 3.26. The van der Waals surface area contributed by atoms with Crippen LogP contribution in [0.5, 0.6) is 0 Å². The molecule has 3 fully saturated rings. The normalized spacial score (nSPS) is 21.5. The predicted octanol–water partition coefficient (Wildman–Crippen LogP) is 3.69. The number of nitrogens with zero attached hydrogens (tertiary/aromatic N) is 6. The summed E-state index contributed by atoms with van der Waals surface area (Å²) in [7, 11) is 1.78. The van der Waals surface area contributed by atoms with E-state index in [2.05, 4.69) is 35.5 Å². The molecule has 1 aromatic carbocycles. The van der Waals surface area contributed by atoms with Gasteiger partial charge in [0.15, 0.2) is 5.65 Å². The van der Waals surface area contributed by atoms with E-state index in [-0.39, 0.29) is 17.9 Å². The third-order valence-electron chi connectivity index (χ3n) is 7.52. The van der Waals surface area contributed by atoms with Gasteiger partial charge in [-0.05, 0) is 43.4 Å². The molecular formula is C25H25FN10. The maximum Gasteiger partial charge on any atom is 0.231 e. The fraction of sp³-hybridized carbons (Fsp3) is 0.320. The van der Waals surface area contributed by atoms with Gasteiger partial charge in [0.2, 0.25) is 5.95 Å². The maximum absolute atomic E-state index is 14.6. The Morgan fingerprint density at radius 1 is 1.11 bits per heavy atom. The first kappa shape index (κ1) is 21.2. The van der Waals surface area contributed by atoms with Gasteiger partial charge in [0.25, 0.3) is 0 Å². The highest BCUT2D eigenvalue weighted by Gasteiger charge is 2.40. The number of hydrogen-bond acceptors (Lipinski definition) is 9. The second kappa shape index (κ2) is 7.95. The van der Waals surface area contributed by atoms with Crippen LogP contribution in [-0.2, 0) is 0 Å². The summed E-state index contributed by atoms with van der Waals surface area (Å²) in [4.78, 5) is 28.5. The molecular weight excluding hydrogens is 459 g/mol. The number of aromatic nitrogens is 6. The summed E-state index contributed by atoms with van der Waals surface area (Å²) in [6.07, 6.45) is 8.04. The Labute approximate surface area is 205 Å². The van der Waals surface area contributed by atoms with Crippen molar-refractivity contribution in [2.75, 3.05) is 29.1 Å². The van der Waals surface area contributed by atoms with Crippen molar-refractivity contribution in [3.63, 3.8) is 0 Å². The van der Waals surface area contributed by atoms with Crippen LogP contribution >= 0.6 is 0 Å². The first-order valence-electron chi connectivity index (χ1n) is 12.1. The number of nitrogens with two attached hydrogens (primary N) is 1. The lowest BCUT2D eigenvalue weighted by atomic mass is 9.76. The van der Waals surface area contributed by atoms with Gasteiger partial charge in [-0.3, -0.25) is 4.98 Å². The molecule has 1 aliphatic carbocycles. The number of hydrogen-bond donors (Lipinski definition) is 4. The van der Waals surface area contributed by atoms with E-state index in [4.69, 9.17) is 15.7 Å². The topological polar surface area (TPSA) is 134 Å². The van der Waals surface area contributed by atoms with Gasteiger partial charge in [-0.15, -0.1) is 0 Å². The van der Waals surface area contributed by atoms with Crippen LogP contribution in [0, 0.1) is 11.7 Å². The minimum absolute atomic E-state index is 0.205. The summed E-state index contributed by atoms with van der Waals surface area (Å²) in [5.41, 5.74) is 10.5. The largest absolute Gasteiger partial charge is 0.386 e. The molecule has 0 spiro atoms. The molecule has 0 amide bonds. The highest BCUT2D eigenvalue weighted by Crippen LogP contribution is 2.42. The lowest BCUT2D eigenvalue weighted by Gasteiger charge is -2.49. The minimum atomic E-state index is -0.313. The molecule has 4 aromatic heterocycles. The van der Waals surface area contributed by atoms with Gasteiger partial charge in [0.1, 0.15) is 22.8 Å². The minimum Gasteiger partial charge on any atom is -0.386 e. The van der Waals surface area contributed by atoms with E-state index in [0.29, 0.717) is 40.1 Å². The molecule has 3 atom stereocenters. The van der Waals surface area contributed by atoms with Gasteiger partial charge in [0, 0.05) is 43.5 Å². The van der Waals surface area contributed by atoms with Gasteiger partial charge in [-0.25, -0.2) is 14.4 Å². The molecule has 8 rings (SSSR count). The van der Waals surface area contributed by atoms with Crippen molar-refractivity contribution < 1.29 is 4.39 Å². The average molecular weight is 485 g/mol. The Hall–Kier alpha value is -4.12. The zero-order valence-corrected chi connectivity index (χ0v) is 19.7. The Balaban J connectivity index is 1.41. The van der Waals surface area contributed by atoms with Crippen molar-refractivity contribution in [2.24, 2.45) is 11.7 Å². The van der Waals surface area contributed by atoms with E-state index in [0.717, 1.165) is 47.9 Å². The summed E-state index contributed by atoms with van der Waals surface area (Å²) in [5, 5.41) is 7.95. The van der Waals surface area contributed by atoms with Crippen LogP contribution in [0.3, 0.4) is 0 Å². The number of H-pyrrole nitrogens is 1. The number of nitrogens with one attached hydrogen (secondary N) is 3. The van der Waals surface area contributed by atoms with Crippen LogP contribution in [-0.4, -0.2) is 55.6 Å². The van der Waals surface area contributed by atoms with Crippen LogP contribution in [0.15, 0.2) is 36.8 Å². The quantitative estimate of drug-likeness (QED) is 0.301. The molecule has 36 heavy (non-hydrogen) atoms. The van der Waals surface area contributed by atoms with Gasteiger partial charge in [0.05, 0.1) is 28.5 Å². The summed E-state index contributed by atoms with van der Waals surface area (Å²) >= 11 is 0. The number of fused-ring (bicyclic) bond motifs is 7. The third-order valence-corrected chi connectivity index (χ3v) is 7.52. The van der Waals surface area contributed by atoms with Crippen LogP contribution in [0.1, 0.15) is 19.3 Å². The first-order valence-corrected chi connectivity index (χ1v) is 12.1. The van der Waals surface area contributed by atoms with Crippen LogP contribution < -0.4 is 21.3 Å². The molecule has 2 bridgehead atoms. The standard InChI is InChI=1S/C25H25FN10/c1-28-18-7-13(26)6-16-20-23(33-21(16)18)34-25(32-14-8-19-22(31-10-14)30-5-4-29-19)35-24(20)36-11-12-2-3-15(36)9-17(12)27/h4-8,10,12,15,17,28H,2-3,9,11,27H2,1H3,(H2,32,33,34,35)/t12?,15?,17-/m1/s1. The number of anilines is 4. The molecule has 6 heterocycles. The number of pyridine rings is 1. The van der Waals surface area contributed by atoms with Crippen LogP contribution in [0.4, 0.5) is 27.5 Å². The molecule has 11 heteroatoms. The summed E-state index contributed by atoms with van der Waals surface area (Å²) in [6.45, 7) is 0.825. The van der Waals surface area contributed by atoms with E-state index in [1.165, 1.54) is 6.07 Å². The number of benzene rings is 1. The SMILES string of the molecule is CNc1cc(F)cc2c1[nH]c1nc(Nc3cnc4nccnc4c3)nc(N3CC4CCC3C[C@H]4N)c12. The number of rotatable bonds is 4. The number of aromatic amines is 1. The lowest BCUT2D eigenvalue weighted by Crippen LogP contribution is -2.57. The van der Waals surface area contributed by atoms with Crippen molar-refractivity contribution in [3.8, 4) is 0 Å². The maximum atomic E-state index is 14.6. The smallest absolute Gasteiger partial charge is 0.231 e. The molecule has 182 valence electrons. The van der Waals surface area contributed by atoms with Crippen LogP contribution in [0.2, 0.25) is 0 Å². The van der Waals surface area contributed by atoms with Gasteiger partial charge in [-0.1, -0.05) is 0 Å². The van der Waals surface area contributed by atoms with Crippen molar-refractivity contribution >= 4 is 56.2 Å². The molecule has 5 aromatic rings. The second-order valence-electron chi connectivity index (χ2n) is 9.64. The van der Waals surface area contributed by atoms with Gasteiger partial charge < -0.3 is 26.3 Å². The first-order chi connectivity index (χ1) is 17.6. The lowest BCUT2D eigenvalue weighted by molar-refractivity contribution is 0.216. The highest BCUT2D eigenvalue weighted by atomic mass is 19.1. The van der Waals surface area contributed by atoms with Gasteiger partial charge in [-0.2, -0.15) is 9.97 Å². The second-order valence-corrected chi connectivity index (χ2v) is 9.64. The zero-order valence-electron chi connectivity index (χ0n) is 19.7. The Morgan fingerprint density at radius 3 is 2.81 bits per heavy atom. The fourth-order valence-electron chi connectivity index (χ4n) is 5.78. The Kier molecular flexibility index (Phi) is 4.68. The summed E-state index contributed by atoms with van der Waals surface area (Å²) in [5.74, 6) is 1.31. The molecule has 10 nitrogen and oxygen atoms in total.